The average Bonchev–Trinajstić information content (AvgIpc) is 2.89. The van der Waals surface area contributed by atoms with E-state index in [2.05, 4.69) is 48.9 Å². The largest absolute Gasteiger partial charge is 0.491 e. The molecule has 0 radical (unpaired) electrons. The molecule has 1 aliphatic heterocycles. The Bertz CT molecular complexity index is 448. The molecule has 0 aromatic heterocycles. The van der Waals surface area contributed by atoms with Crippen LogP contribution in [0.4, 0.5) is 5.69 Å². The van der Waals surface area contributed by atoms with Crippen molar-refractivity contribution in [3.63, 3.8) is 0 Å². The molecule has 0 atom stereocenters. The molecule has 0 amide bonds. The zero-order chi connectivity index (χ0) is 14.4. The summed E-state index contributed by atoms with van der Waals surface area (Å²) in [7, 11) is 0. The molecule has 1 aliphatic rings. The maximum Gasteiger partial charge on any atom is 0.147 e. The Balaban J connectivity index is 1.71. The molecular weight excluding hydrogens is 384 g/mol. The van der Waals surface area contributed by atoms with E-state index >= 15 is 0 Å². The number of anilines is 1. The van der Waals surface area contributed by atoms with Gasteiger partial charge >= 0.3 is 0 Å². The lowest BCUT2D eigenvalue weighted by Crippen LogP contribution is -2.18. The van der Waals surface area contributed by atoms with Crippen molar-refractivity contribution in [3.8, 4) is 5.75 Å². The van der Waals surface area contributed by atoms with Crippen LogP contribution in [0.15, 0.2) is 33.2 Å². The lowest BCUT2D eigenvalue weighted by Gasteiger charge is -2.11. The minimum absolute atomic E-state index is 0.664. The third-order valence-electron chi connectivity index (χ3n) is 3.28. The van der Waals surface area contributed by atoms with Gasteiger partial charge in [0.15, 0.2) is 0 Å². The predicted octanol–water partition coefficient (Wildman–Crippen LogP) is 4.21. The van der Waals surface area contributed by atoms with Gasteiger partial charge in [-0.2, -0.15) is 0 Å². The summed E-state index contributed by atoms with van der Waals surface area (Å²) in [5.74, 6) is 0.812. The van der Waals surface area contributed by atoms with Gasteiger partial charge in [-0.15, -0.1) is 0 Å². The number of halogens is 2. The third kappa shape index (κ3) is 4.79. The molecule has 0 aliphatic carbocycles. The highest BCUT2D eigenvalue weighted by atomic mass is 79.9. The third-order valence-corrected chi connectivity index (χ3v) is 4.46. The summed E-state index contributed by atoms with van der Waals surface area (Å²) in [5.41, 5.74) is 6.46. The van der Waals surface area contributed by atoms with Crippen molar-refractivity contribution in [1.82, 2.24) is 4.90 Å². The highest BCUT2D eigenvalue weighted by Gasteiger charge is 2.09. The zero-order valence-corrected chi connectivity index (χ0v) is 14.6. The van der Waals surface area contributed by atoms with E-state index in [9.17, 15) is 0 Å². The van der Waals surface area contributed by atoms with E-state index in [1.165, 1.54) is 25.9 Å². The minimum atomic E-state index is 0.664. The van der Waals surface area contributed by atoms with Crippen LogP contribution in [0.1, 0.15) is 19.3 Å². The van der Waals surface area contributed by atoms with Crippen molar-refractivity contribution < 1.29 is 4.74 Å². The van der Waals surface area contributed by atoms with Gasteiger partial charge in [-0.1, -0.05) is 12.2 Å². The van der Waals surface area contributed by atoms with Crippen LogP contribution in [-0.2, 0) is 0 Å². The first-order valence-electron chi connectivity index (χ1n) is 6.91. The van der Waals surface area contributed by atoms with E-state index in [1.54, 1.807) is 0 Å². The van der Waals surface area contributed by atoms with Crippen molar-refractivity contribution in [1.29, 1.82) is 0 Å². The zero-order valence-electron chi connectivity index (χ0n) is 11.4. The van der Waals surface area contributed by atoms with Crippen molar-refractivity contribution in [2.45, 2.75) is 19.3 Å². The predicted molar refractivity (Wildman–Crippen MR) is 91.2 cm³/mol. The van der Waals surface area contributed by atoms with E-state index in [1.807, 2.05) is 12.1 Å². The smallest absolute Gasteiger partial charge is 0.147 e. The Kier molecular flexibility index (Phi) is 6.39. The fraction of sp³-hybridized carbons (Fsp3) is 0.467. The summed E-state index contributed by atoms with van der Waals surface area (Å²) in [6.45, 7) is 4.21. The highest BCUT2D eigenvalue weighted by Crippen LogP contribution is 2.35. The maximum atomic E-state index is 5.78. The summed E-state index contributed by atoms with van der Waals surface area (Å²) in [6, 6.07) is 3.70. The Morgan fingerprint density at radius 2 is 1.80 bits per heavy atom. The van der Waals surface area contributed by atoms with E-state index < -0.39 is 0 Å². The monoisotopic (exact) mass is 402 g/mol. The van der Waals surface area contributed by atoms with E-state index in [-0.39, 0.29) is 0 Å². The Morgan fingerprint density at radius 3 is 2.45 bits per heavy atom. The van der Waals surface area contributed by atoms with Crippen LogP contribution >= 0.6 is 31.9 Å². The van der Waals surface area contributed by atoms with Crippen molar-refractivity contribution in [3.05, 3.63) is 33.2 Å². The van der Waals surface area contributed by atoms with Crippen molar-refractivity contribution in [2.75, 3.05) is 32.0 Å². The van der Waals surface area contributed by atoms with Gasteiger partial charge < -0.3 is 10.5 Å². The molecule has 1 aromatic carbocycles. The molecule has 0 bridgehead atoms. The van der Waals surface area contributed by atoms with Crippen LogP contribution in [0.3, 0.4) is 0 Å². The minimum Gasteiger partial charge on any atom is -0.491 e. The molecule has 1 aromatic rings. The normalized spacial score (nSPS) is 16.1. The van der Waals surface area contributed by atoms with E-state index in [4.69, 9.17) is 10.5 Å². The SMILES string of the molecule is Nc1cc(Br)c(OCCC=CCN2CCCC2)c(Br)c1. The van der Waals surface area contributed by atoms with Gasteiger partial charge in [-0.3, -0.25) is 4.90 Å². The van der Waals surface area contributed by atoms with Crippen LogP contribution in [0.25, 0.3) is 0 Å². The summed E-state index contributed by atoms with van der Waals surface area (Å²) in [5, 5.41) is 0. The second-order valence-corrected chi connectivity index (χ2v) is 6.64. The van der Waals surface area contributed by atoms with Gasteiger partial charge in [-0.05, 0) is 76.3 Å². The fourth-order valence-electron chi connectivity index (χ4n) is 2.25. The lowest BCUT2D eigenvalue weighted by atomic mass is 10.3. The fourth-order valence-corrected chi connectivity index (χ4v) is 3.70. The summed E-state index contributed by atoms with van der Waals surface area (Å²) >= 11 is 6.93. The van der Waals surface area contributed by atoms with Gasteiger partial charge in [0.2, 0.25) is 0 Å². The van der Waals surface area contributed by atoms with Crippen LogP contribution in [0.2, 0.25) is 0 Å². The molecule has 1 saturated heterocycles. The van der Waals surface area contributed by atoms with Crippen LogP contribution in [0.5, 0.6) is 5.75 Å². The number of hydrogen-bond donors (Lipinski definition) is 1. The van der Waals surface area contributed by atoms with Gasteiger partial charge in [0, 0.05) is 12.2 Å². The number of ether oxygens (including phenoxy) is 1. The first kappa shape index (κ1) is 15.9. The molecule has 0 unspecified atom stereocenters. The van der Waals surface area contributed by atoms with Gasteiger partial charge in [-0.25, -0.2) is 0 Å². The first-order valence-corrected chi connectivity index (χ1v) is 8.50. The number of nitrogen functional groups attached to an aromatic ring is 1. The number of hydrogen-bond acceptors (Lipinski definition) is 3. The molecule has 2 rings (SSSR count). The average molecular weight is 404 g/mol. The number of nitrogens with two attached hydrogens (primary N) is 1. The molecule has 0 spiro atoms. The molecule has 20 heavy (non-hydrogen) atoms. The number of rotatable bonds is 6. The molecule has 1 heterocycles. The van der Waals surface area contributed by atoms with Crippen molar-refractivity contribution >= 4 is 37.5 Å². The number of nitrogens with zero attached hydrogens (tertiary/aromatic N) is 1. The highest BCUT2D eigenvalue weighted by molar-refractivity contribution is 9.11. The van der Waals surface area contributed by atoms with Crippen LogP contribution in [0, 0.1) is 0 Å². The summed E-state index contributed by atoms with van der Waals surface area (Å²) in [4.78, 5) is 2.48. The Morgan fingerprint density at radius 1 is 1.15 bits per heavy atom. The lowest BCUT2D eigenvalue weighted by molar-refractivity contribution is 0.320. The summed E-state index contributed by atoms with van der Waals surface area (Å²) < 4.78 is 7.54. The quantitative estimate of drug-likeness (QED) is 0.439. The first-order chi connectivity index (χ1) is 9.66. The number of likely N-dealkylation sites (tertiary alicyclic amines) is 1. The molecule has 0 saturated carbocycles. The van der Waals surface area contributed by atoms with Crippen molar-refractivity contribution in [2.24, 2.45) is 0 Å². The Labute approximate surface area is 137 Å². The standard InChI is InChI=1S/C15H20Br2N2O/c16-13-10-12(18)11-14(17)15(13)20-9-5-1-2-6-19-7-3-4-8-19/h1-2,10-11H,3-9,18H2. The van der Waals surface area contributed by atoms with Gasteiger partial charge in [0.1, 0.15) is 5.75 Å². The second kappa shape index (κ2) is 8.05. The molecule has 110 valence electrons. The molecular formula is C15H20Br2N2O. The second-order valence-electron chi connectivity index (χ2n) is 4.93. The van der Waals surface area contributed by atoms with E-state index in [0.29, 0.717) is 12.3 Å². The van der Waals surface area contributed by atoms with E-state index in [0.717, 1.165) is 27.7 Å². The van der Waals surface area contributed by atoms with Gasteiger partial charge in [0.25, 0.3) is 0 Å². The summed E-state index contributed by atoms with van der Waals surface area (Å²) in [6.07, 6.45) is 8.03. The molecule has 2 N–H and O–H groups in total. The topological polar surface area (TPSA) is 38.5 Å². The van der Waals surface area contributed by atoms with Crippen LogP contribution in [-0.4, -0.2) is 31.1 Å². The van der Waals surface area contributed by atoms with Crippen LogP contribution < -0.4 is 10.5 Å². The molecule has 3 nitrogen and oxygen atoms in total. The maximum absolute atomic E-state index is 5.78. The Hall–Kier alpha value is -0.520. The van der Waals surface area contributed by atoms with Gasteiger partial charge in [0.05, 0.1) is 15.6 Å². The number of benzene rings is 1. The molecule has 5 heteroatoms. The molecule has 1 fully saturated rings.